The van der Waals surface area contributed by atoms with Gasteiger partial charge in [0.1, 0.15) is 6.04 Å². The quantitative estimate of drug-likeness (QED) is 0.877. The van der Waals surface area contributed by atoms with Crippen LogP contribution in [-0.2, 0) is 4.79 Å². The lowest BCUT2D eigenvalue weighted by Gasteiger charge is -2.14. The van der Waals surface area contributed by atoms with E-state index in [0.717, 1.165) is 0 Å². The maximum atomic E-state index is 11.9. The van der Waals surface area contributed by atoms with Crippen LogP contribution in [0.15, 0.2) is 28.7 Å². The van der Waals surface area contributed by atoms with E-state index in [-0.39, 0.29) is 5.91 Å². The van der Waals surface area contributed by atoms with Gasteiger partial charge in [-0.05, 0) is 34.5 Å². The first kappa shape index (κ1) is 13.7. The smallest absolute Gasteiger partial charge is 0.326 e. The van der Waals surface area contributed by atoms with Crippen LogP contribution in [0.1, 0.15) is 30.1 Å². The molecule has 0 aromatic heterocycles. The van der Waals surface area contributed by atoms with Crippen molar-refractivity contribution in [2.24, 2.45) is 0 Å². The lowest BCUT2D eigenvalue weighted by molar-refractivity contribution is -0.139. The molecule has 17 heavy (non-hydrogen) atoms. The number of aliphatic carboxylic acids is 1. The Bertz CT molecular complexity index is 420. The Morgan fingerprint density at radius 2 is 2.06 bits per heavy atom. The fourth-order valence-corrected chi connectivity index (χ4v) is 1.89. The van der Waals surface area contributed by atoms with Gasteiger partial charge in [-0.3, -0.25) is 4.79 Å². The van der Waals surface area contributed by atoms with Crippen molar-refractivity contribution in [1.29, 1.82) is 0 Å². The van der Waals surface area contributed by atoms with E-state index in [0.29, 0.717) is 22.9 Å². The Balaban J connectivity index is 2.77. The number of carbonyl (C=O) groups excluding carboxylic acids is 1. The van der Waals surface area contributed by atoms with Crippen LogP contribution < -0.4 is 5.32 Å². The third-order valence-corrected chi connectivity index (χ3v) is 2.99. The van der Waals surface area contributed by atoms with Crippen LogP contribution in [-0.4, -0.2) is 23.0 Å². The summed E-state index contributed by atoms with van der Waals surface area (Å²) >= 11 is 3.25. The van der Waals surface area contributed by atoms with E-state index < -0.39 is 12.0 Å². The van der Waals surface area contributed by atoms with Crippen LogP contribution in [0.5, 0.6) is 0 Å². The molecule has 0 fully saturated rings. The molecular weight excluding hydrogens is 286 g/mol. The summed E-state index contributed by atoms with van der Waals surface area (Å²) in [6.45, 7) is 1.88. The summed E-state index contributed by atoms with van der Waals surface area (Å²) in [4.78, 5) is 22.8. The summed E-state index contributed by atoms with van der Waals surface area (Å²) in [5.74, 6) is -1.38. The van der Waals surface area contributed by atoms with Crippen molar-refractivity contribution in [3.8, 4) is 0 Å². The van der Waals surface area contributed by atoms with Gasteiger partial charge in [-0.25, -0.2) is 4.79 Å². The van der Waals surface area contributed by atoms with Crippen LogP contribution >= 0.6 is 15.9 Å². The molecule has 0 radical (unpaired) electrons. The van der Waals surface area contributed by atoms with Crippen molar-refractivity contribution in [1.82, 2.24) is 5.32 Å². The summed E-state index contributed by atoms with van der Waals surface area (Å²) in [5.41, 5.74) is 0.440. The largest absolute Gasteiger partial charge is 0.480 e. The monoisotopic (exact) mass is 299 g/mol. The molecule has 0 bridgehead atoms. The number of hydrogen-bond acceptors (Lipinski definition) is 2. The molecule has 0 aliphatic rings. The van der Waals surface area contributed by atoms with Gasteiger partial charge in [0.05, 0.1) is 5.56 Å². The molecule has 0 spiro atoms. The third-order valence-electron chi connectivity index (χ3n) is 2.30. The van der Waals surface area contributed by atoms with E-state index in [1.54, 1.807) is 24.3 Å². The predicted octanol–water partition coefficient (Wildman–Crippen LogP) is 2.43. The first-order valence-electron chi connectivity index (χ1n) is 5.34. The minimum Gasteiger partial charge on any atom is -0.480 e. The van der Waals surface area contributed by atoms with Gasteiger partial charge in [0.15, 0.2) is 0 Å². The van der Waals surface area contributed by atoms with Crippen molar-refractivity contribution < 1.29 is 14.7 Å². The van der Waals surface area contributed by atoms with Crippen LogP contribution in [0, 0.1) is 0 Å². The predicted molar refractivity (Wildman–Crippen MR) is 67.9 cm³/mol. The van der Waals surface area contributed by atoms with Crippen molar-refractivity contribution in [3.05, 3.63) is 34.3 Å². The summed E-state index contributed by atoms with van der Waals surface area (Å²) in [5, 5.41) is 11.4. The standard InChI is InChI=1S/C12H14BrNO3/c1-2-5-10(12(16)17)14-11(15)8-6-3-4-7-9(8)13/h3-4,6-7,10H,2,5H2,1H3,(H,14,15)(H,16,17)/t10-/m1/s1. The van der Waals surface area contributed by atoms with Gasteiger partial charge in [-0.15, -0.1) is 0 Å². The van der Waals surface area contributed by atoms with Crippen molar-refractivity contribution >= 4 is 27.8 Å². The van der Waals surface area contributed by atoms with Gasteiger partial charge in [-0.2, -0.15) is 0 Å². The topological polar surface area (TPSA) is 66.4 Å². The number of carboxylic acids is 1. The molecular formula is C12H14BrNO3. The Morgan fingerprint density at radius 1 is 1.41 bits per heavy atom. The number of benzene rings is 1. The summed E-state index contributed by atoms with van der Waals surface area (Å²) in [7, 11) is 0. The molecule has 0 heterocycles. The number of amides is 1. The zero-order chi connectivity index (χ0) is 12.8. The molecule has 0 aliphatic heterocycles. The van der Waals surface area contributed by atoms with Crippen LogP contribution in [0.25, 0.3) is 0 Å². The Labute approximate surface area is 108 Å². The summed E-state index contributed by atoms with van der Waals surface area (Å²) in [6.07, 6.45) is 1.12. The molecule has 1 amide bonds. The van der Waals surface area contributed by atoms with Gasteiger partial charge in [0, 0.05) is 4.47 Å². The number of carbonyl (C=O) groups is 2. The lowest BCUT2D eigenvalue weighted by Crippen LogP contribution is -2.40. The Kier molecular flexibility index (Phi) is 5.15. The Hall–Kier alpha value is -1.36. The second kappa shape index (κ2) is 6.39. The van der Waals surface area contributed by atoms with E-state index in [4.69, 9.17) is 5.11 Å². The third kappa shape index (κ3) is 3.85. The molecule has 5 heteroatoms. The van der Waals surface area contributed by atoms with Crippen LogP contribution in [0.4, 0.5) is 0 Å². The molecule has 2 N–H and O–H groups in total. The maximum Gasteiger partial charge on any atom is 0.326 e. The highest BCUT2D eigenvalue weighted by atomic mass is 79.9. The first-order valence-corrected chi connectivity index (χ1v) is 6.13. The highest BCUT2D eigenvalue weighted by molar-refractivity contribution is 9.10. The number of carboxylic acid groups (broad SMARTS) is 1. The number of nitrogens with one attached hydrogen (secondary N) is 1. The molecule has 4 nitrogen and oxygen atoms in total. The van der Waals surface area contributed by atoms with E-state index in [2.05, 4.69) is 21.2 Å². The lowest BCUT2D eigenvalue weighted by atomic mass is 10.1. The molecule has 1 rings (SSSR count). The van der Waals surface area contributed by atoms with Gasteiger partial charge >= 0.3 is 5.97 Å². The fraction of sp³-hybridized carbons (Fsp3) is 0.333. The second-order valence-electron chi connectivity index (χ2n) is 3.63. The molecule has 1 aromatic rings. The zero-order valence-electron chi connectivity index (χ0n) is 9.44. The molecule has 0 saturated heterocycles. The molecule has 0 saturated carbocycles. The number of rotatable bonds is 5. The minimum atomic E-state index is -1.01. The van der Waals surface area contributed by atoms with Crippen LogP contribution in [0.3, 0.4) is 0 Å². The van der Waals surface area contributed by atoms with E-state index in [1.807, 2.05) is 6.92 Å². The fourth-order valence-electron chi connectivity index (χ4n) is 1.43. The van der Waals surface area contributed by atoms with E-state index in [1.165, 1.54) is 0 Å². The minimum absolute atomic E-state index is 0.377. The molecule has 92 valence electrons. The maximum absolute atomic E-state index is 11.9. The van der Waals surface area contributed by atoms with Gasteiger partial charge < -0.3 is 10.4 Å². The van der Waals surface area contributed by atoms with Crippen molar-refractivity contribution in [2.75, 3.05) is 0 Å². The van der Waals surface area contributed by atoms with Crippen molar-refractivity contribution in [3.63, 3.8) is 0 Å². The second-order valence-corrected chi connectivity index (χ2v) is 4.49. The molecule has 1 atom stereocenters. The summed E-state index contributed by atoms with van der Waals surface area (Å²) in [6, 6.07) is 6.07. The van der Waals surface area contributed by atoms with E-state index >= 15 is 0 Å². The van der Waals surface area contributed by atoms with Gasteiger partial charge in [-0.1, -0.05) is 25.5 Å². The molecule has 0 aliphatic carbocycles. The van der Waals surface area contributed by atoms with E-state index in [9.17, 15) is 9.59 Å². The first-order chi connectivity index (χ1) is 8.06. The van der Waals surface area contributed by atoms with Gasteiger partial charge in [0.2, 0.25) is 0 Å². The number of hydrogen-bond donors (Lipinski definition) is 2. The molecule has 0 unspecified atom stereocenters. The van der Waals surface area contributed by atoms with Crippen molar-refractivity contribution in [2.45, 2.75) is 25.8 Å². The average molecular weight is 300 g/mol. The average Bonchev–Trinajstić information content (AvgIpc) is 2.28. The van der Waals surface area contributed by atoms with Crippen LogP contribution in [0.2, 0.25) is 0 Å². The normalized spacial score (nSPS) is 11.9. The van der Waals surface area contributed by atoms with Gasteiger partial charge in [0.25, 0.3) is 5.91 Å². The summed E-state index contributed by atoms with van der Waals surface area (Å²) < 4.78 is 0.651. The molecule has 1 aromatic carbocycles. The highest BCUT2D eigenvalue weighted by Gasteiger charge is 2.20. The number of halogens is 1. The highest BCUT2D eigenvalue weighted by Crippen LogP contribution is 2.15. The Morgan fingerprint density at radius 3 is 2.59 bits per heavy atom. The SMILES string of the molecule is CCC[C@@H](NC(=O)c1ccccc1Br)C(=O)O. The zero-order valence-corrected chi connectivity index (χ0v) is 11.0.